The second-order valence-electron chi connectivity index (χ2n) is 9.46. The van der Waals surface area contributed by atoms with Crippen molar-refractivity contribution in [2.45, 2.75) is 17.7 Å². The number of pyridine rings is 1. The van der Waals surface area contributed by atoms with Gasteiger partial charge in [-0.05, 0) is 54.8 Å². The maximum Gasteiger partial charge on any atom is 0.246 e. The Morgan fingerprint density at radius 2 is 1.95 bits per heavy atom. The van der Waals surface area contributed by atoms with Crippen LogP contribution in [0.25, 0.3) is 11.8 Å². The molecule has 0 spiro atoms. The van der Waals surface area contributed by atoms with E-state index in [1.165, 1.54) is 33.5 Å². The van der Waals surface area contributed by atoms with E-state index in [2.05, 4.69) is 21.3 Å². The van der Waals surface area contributed by atoms with Crippen molar-refractivity contribution in [3.63, 3.8) is 0 Å². The lowest BCUT2D eigenvalue weighted by molar-refractivity contribution is 0.122. The fourth-order valence-electron chi connectivity index (χ4n) is 5.14. The zero-order chi connectivity index (χ0) is 25.6. The van der Waals surface area contributed by atoms with Crippen molar-refractivity contribution in [3.8, 4) is 11.6 Å². The molecule has 0 bridgehead atoms. The summed E-state index contributed by atoms with van der Waals surface area (Å²) in [5, 5.41) is 8.63. The molecule has 2 aliphatic rings. The van der Waals surface area contributed by atoms with Crippen LogP contribution in [-0.4, -0.2) is 57.0 Å². The highest BCUT2D eigenvalue weighted by molar-refractivity contribution is 7.89. The molecule has 4 aromatic rings. The highest BCUT2D eigenvalue weighted by Gasteiger charge is 2.47. The van der Waals surface area contributed by atoms with Gasteiger partial charge in [0.15, 0.2) is 0 Å². The summed E-state index contributed by atoms with van der Waals surface area (Å²) in [5.74, 6) is 0.173. The van der Waals surface area contributed by atoms with E-state index in [1.807, 2.05) is 12.1 Å². The van der Waals surface area contributed by atoms with Crippen LogP contribution in [0.5, 0.6) is 5.88 Å². The Bertz CT molecular complexity index is 1580. The fourth-order valence-corrected chi connectivity index (χ4v) is 6.66. The van der Waals surface area contributed by atoms with E-state index < -0.39 is 15.4 Å². The molecule has 1 atom stereocenters. The number of hydrogen-bond donors (Lipinski definition) is 0. The number of aryl methyl sites for hydroxylation is 1. The lowest BCUT2D eigenvalue weighted by Gasteiger charge is -2.45. The quantitative estimate of drug-likeness (QED) is 0.387. The number of fused-ring (bicyclic) bond motifs is 2. The van der Waals surface area contributed by atoms with Gasteiger partial charge in [0, 0.05) is 44.0 Å². The van der Waals surface area contributed by atoms with Crippen molar-refractivity contribution in [2.24, 2.45) is 12.5 Å². The molecule has 37 heavy (non-hydrogen) atoms. The van der Waals surface area contributed by atoms with Crippen molar-refractivity contribution in [1.82, 2.24) is 28.9 Å². The van der Waals surface area contributed by atoms with Crippen LogP contribution in [0, 0.1) is 11.2 Å². The molecule has 1 unspecified atom stereocenters. The second-order valence-corrected chi connectivity index (χ2v) is 11.4. The van der Waals surface area contributed by atoms with Crippen LogP contribution in [0.2, 0.25) is 0 Å². The van der Waals surface area contributed by atoms with Gasteiger partial charge in [-0.15, -0.1) is 0 Å². The monoisotopic (exact) mass is 520 g/mol. The number of rotatable bonds is 6. The Kier molecular flexibility index (Phi) is 5.68. The van der Waals surface area contributed by atoms with Gasteiger partial charge in [-0.25, -0.2) is 22.5 Å². The predicted molar refractivity (Wildman–Crippen MR) is 134 cm³/mol. The van der Waals surface area contributed by atoms with E-state index in [9.17, 15) is 12.8 Å². The van der Waals surface area contributed by atoms with Crippen LogP contribution in [0.3, 0.4) is 0 Å². The summed E-state index contributed by atoms with van der Waals surface area (Å²) in [6.07, 6.45) is 9.52. The summed E-state index contributed by atoms with van der Waals surface area (Å²) in [5.41, 5.74) is 3.14. The average Bonchev–Trinajstić information content (AvgIpc) is 3.53. The molecule has 1 fully saturated rings. The Labute approximate surface area is 213 Å². The van der Waals surface area contributed by atoms with Gasteiger partial charge in [0.05, 0.1) is 23.8 Å². The summed E-state index contributed by atoms with van der Waals surface area (Å²) in [6.45, 7) is 0.856. The summed E-state index contributed by atoms with van der Waals surface area (Å²) in [7, 11) is -2.04. The predicted octanol–water partition coefficient (Wildman–Crippen LogP) is 3.24. The van der Waals surface area contributed by atoms with Gasteiger partial charge in [0.1, 0.15) is 17.3 Å². The number of halogens is 1. The zero-order valence-corrected chi connectivity index (χ0v) is 21.0. The summed E-state index contributed by atoms with van der Waals surface area (Å²) in [6, 6.07) is 11.6. The third-order valence-corrected chi connectivity index (χ3v) is 8.84. The molecule has 1 saturated heterocycles. The minimum Gasteiger partial charge on any atom is -0.477 e. The van der Waals surface area contributed by atoms with Crippen molar-refractivity contribution >= 4 is 16.1 Å². The number of sulfonamides is 1. The zero-order valence-electron chi connectivity index (χ0n) is 20.2. The standard InChI is InChI=1S/C26H25FN6O3S/c1-31-16-23(15-29-31)37(34,35)32-11-9-20-12-24-19(14-30-33(24)22-7-5-21(27)6-8-22)13-26(20,17-32)18-36-25-4-2-3-10-28-25/h2-8,10,12,14-16H,9,11,13,17-18H2,1H3. The molecule has 1 aromatic carbocycles. The fraction of sp³-hybridized carbons (Fsp3) is 0.269. The molecule has 6 rings (SSSR count). The van der Waals surface area contributed by atoms with E-state index >= 15 is 0 Å². The molecule has 190 valence electrons. The molecule has 3 aromatic heterocycles. The lowest BCUT2D eigenvalue weighted by Crippen LogP contribution is -2.51. The SMILES string of the molecule is Cn1cc(S(=O)(=O)N2CCC3=Cc4c(cnn4-c4ccc(F)cc4)CC3(COc3ccccn3)C2)cn1. The second kappa shape index (κ2) is 8.93. The van der Waals surface area contributed by atoms with Crippen LogP contribution < -0.4 is 4.74 Å². The van der Waals surface area contributed by atoms with E-state index in [4.69, 9.17) is 4.74 Å². The number of aromatic nitrogens is 5. The van der Waals surface area contributed by atoms with Crippen LogP contribution in [0.15, 0.2) is 77.7 Å². The molecule has 9 nitrogen and oxygen atoms in total. The van der Waals surface area contributed by atoms with Crippen molar-refractivity contribution in [2.75, 3.05) is 19.7 Å². The number of ether oxygens (including phenoxy) is 1. The smallest absolute Gasteiger partial charge is 0.246 e. The maximum absolute atomic E-state index is 13.5. The van der Waals surface area contributed by atoms with Gasteiger partial charge in [0.25, 0.3) is 0 Å². The summed E-state index contributed by atoms with van der Waals surface area (Å²) < 4.78 is 51.5. The van der Waals surface area contributed by atoms with Gasteiger partial charge in [-0.3, -0.25) is 4.68 Å². The van der Waals surface area contributed by atoms with E-state index in [-0.39, 0.29) is 23.9 Å². The summed E-state index contributed by atoms with van der Waals surface area (Å²) >= 11 is 0. The Morgan fingerprint density at radius 1 is 1.11 bits per heavy atom. The van der Waals surface area contributed by atoms with Gasteiger partial charge in [-0.1, -0.05) is 11.6 Å². The van der Waals surface area contributed by atoms with E-state index in [0.29, 0.717) is 25.3 Å². The minimum absolute atomic E-state index is 0.170. The highest BCUT2D eigenvalue weighted by atomic mass is 32.2. The molecule has 0 saturated carbocycles. The van der Waals surface area contributed by atoms with Crippen LogP contribution in [0.4, 0.5) is 4.39 Å². The number of benzene rings is 1. The first kappa shape index (κ1) is 23.6. The van der Waals surface area contributed by atoms with E-state index in [1.54, 1.807) is 42.3 Å². The Morgan fingerprint density at radius 3 is 2.68 bits per heavy atom. The third kappa shape index (κ3) is 4.23. The van der Waals surface area contributed by atoms with Gasteiger partial charge < -0.3 is 4.74 Å². The van der Waals surface area contributed by atoms with Crippen LogP contribution in [-0.2, 0) is 23.5 Å². The van der Waals surface area contributed by atoms with Gasteiger partial charge in [0.2, 0.25) is 15.9 Å². The van der Waals surface area contributed by atoms with Gasteiger partial charge >= 0.3 is 0 Å². The number of hydrogen-bond acceptors (Lipinski definition) is 6. The van der Waals surface area contributed by atoms with Crippen molar-refractivity contribution < 1.29 is 17.5 Å². The molecule has 0 radical (unpaired) electrons. The number of nitrogens with zero attached hydrogens (tertiary/aromatic N) is 6. The maximum atomic E-state index is 13.5. The van der Waals surface area contributed by atoms with Crippen molar-refractivity contribution in [3.05, 3.63) is 89.9 Å². The topological polar surface area (TPSA) is 95.1 Å². The third-order valence-electron chi connectivity index (χ3n) is 7.04. The molecule has 1 aliphatic heterocycles. The first-order chi connectivity index (χ1) is 17.8. The first-order valence-corrected chi connectivity index (χ1v) is 13.3. The van der Waals surface area contributed by atoms with E-state index in [0.717, 1.165) is 22.5 Å². The molecular formula is C26H25FN6O3S. The normalized spacial score (nSPS) is 19.7. The van der Waals surface area contributed by atoms with Crippen LogP contribution >= 0.6 is 0 Å². The van der Waals surface area contributed by atoms with Crippen molar-refractivity contribution in [1.29, 1.82) is 0 Å². The summed E-state index contributed by atoms with van der Waals surface area (Å²) in [4.78, 5) is 4.45. The molecular weight excluding hydrogens is 495 g/mol. The first-order valence-electron chi connectivity index (χ1n) is 11.9. The molecule has 0 N–H and O–H groups in total. The van der Waals surface area contributed by atoms with Crippen LogP contribution in [0.1, 0.15) is 17.7 Å². The molecule has 0 amide bonds. The molecule has 1 aliphatic carbocycles. The number of piperidine rings is 1. The Balaban J connectivity index is 1.38. The van der Waals surface area contributed by atoms with Gasteiger partial charge in [-0.2, -0.15) is 14.5 Å². The highest BCUT2D eigenvalue weighted by Crippen LogP contribution is 2.45. The Hall–Kier alpha value is -3.83. The minimum atomic E-state index is -3.74. The lowest BCUT2D eigenvalue weighted by atomic mass is 9.69. The molecule has 4 heterocycles. The molecule has 11 heteroatoms. The average molecular weight is 521 g/mol. The largest absolute Gasteiger partial charge is 0.477 e.